The van der Waals surface area contributed by atoms with Crippen LogP contribution in [-0.2, 0) is 21.2 Å². The number of carbonyl (C=O) groups is 1. The van der Waals surface area contributed by atoms with Gasteiger partial charge in [0.05, 0.1) is 17.0 Å². The summed E-state index contributed by atoms with van der Waals surface area (Å²) in [5, 5.41) is 3.72. The van der Waals surface area contributed by atoms with Gasteiger partial charge in [0.25, 0.3) is 5.91 Å². The number of aryl methyl sites for hydroxylation is 1. The van der Waals surface area contributed by atoms with E-state index in [9.17, 15) is 13.2 Å². The molecule has 1 heterocycles. The first-order valence-corrected chi connectivity index (χ1v) is 11.6. The molecule has 0 spiro atoms. The lowest BCUT2D eigenvalue weighted by atomic mass is 10.1. The molecule has 2 atom stereocenters. The Morgan fingerprint density at radius 3 is 2.66 bits per heavy atom. The molecule has 154 valence electrons. The Morgan fingerprint density at radius 2 is 1.93 bits per heavy atom. The summed E-state index contributed by atoms with van der Waals surface area (Å²) in [5.74, 6) is -0.228. The van der Waals surface area contributed by atoms with Crippen LogP contribution < -0.4 is 10.0 Å². The first-order valence-electron chi connectivity index (χ1n) is 9.73. The third-order valence-electron chi connectivity index (χ3n) is 5.44. The molecule has 4 rings (SSSR count). The van der Waals surface area contributed by atoms with Crippen molar-refractivity contribution in [2.45, 2.75) is 42.7 Å². The Balaban J connectivity index is 1.39. The van der Waals surface area contributed by atoms with Crippen LogP contribution in [0.3, 0.4) is 0 Å². The molecule has 2 aliphatic rings. The van der Waals surface area contributed by atoms with E-state index in [4.69, 9.17) is 16.3 Å². The fraction of sp³-hybridized carbons (Fsp3) is 0.381. The molecule has 2 unspecified atom stereocenters. The predicted octanol–water partition coefficient (Wildman–Crippen LogP) is 3.21. The van der Waals surface area contributed by atoms with Gasteiger partial charge in [0.15, 0.2) is 0 Å². The van der Waals surface area contributed by atoms with Crippen molar-refractivity contribution in [3.63, 3.8) is 0 Å². The van der Waals surface area contributed by atoms with Crippen molar-refractivity contribution in [2.24, 2.45) is 0 Å². The fourth-order valence-electron chi connectivity index (χ4n) is 3.85. The summed E-state index contributed by atoms with van der Waals surface area (Å²) in [6, 6.07) is 11.6. The number of amides is 1. The molecule has 8 heteroatoms. The number of fused-ring (bicyclic) bond motifs is 1. The SMILES string of the molecule is O=C(NC1CCc2cc(Cl)ccc21)c1ccc(S(=O)(=O)NCC2CCCO2)cc1. The van der Waals surface area contributed by atoms with E-state index in [1.165, 1.54) is 24.3 Å². The van der Waals surface area contributed by atoms with Gasteiger partial charge < -0.3 is 10.1 Å². The molecular formula is C21H23ClN2O4S. The van der Waals surface area contributed by atoms with E-state index in [1.807, 2.05) is 18.2 Å². The van der Waals surface area contributed by atoms with Crippen LogP contribution in [0.2, 0.25) is 5.02 Å². The van der Waals surface area contributed by atoms with E-state index in [1.54, 1.807) is 0 Å². The lowest BCUT2D eigenvalue weighted by Crippen LogP contribution is -2.32. The normalized spacial score (nSPS) is 21.1. The summed E-state index contributed by atoms with van der Waals surface area (Å²) in [6.45, 7) is 0.935. The van der Waals surface area contributed by atoms with Crippen molar-refractivity contribution in [1.29, 1.82) is 0 Å². The summed E-state index contributed by atoms with van der Waals surface area (Å²) >= 11 is 6.04. The lowest BCUT2D eigenvalue weighted by molar-refractivity contribution is 0.0936. The highest BCUT2D eigenvalue weighted by atomic mass is 35.5. The molecule has 1 fully saturated rings. The second kappa shape index (κ2) is 8.44. The summed E-state index contributed by atoms with van der Waals surface area (Å²) in [7, 11) is -3.63. The maximum Gasteiger partial charge on any atom is 0.251 e. The molecule has 1 saturated heterocycles. The van der Waals surface area contributed by atoms with Crippen molar-refractivity contribution >= 4 is 27.5 Å². The fourth-order valence-corrected chi connectivity index (χ4v) is 5.12. The minimum atomic E-state index is -3.63. The van der Waals surface area contributed by atoms with Crippen molar-refractivity contribution < 1.29 is 17.9 Å². The standard InChI is InChI=1S/C21H23ClN2O4S/c22-16-6-9-19-15(12-16)5-10-20(19)24-21(25)14-3-7-18(8-4-14)29(26,27)23-13-17-2-1-11-28-17/h3-4,6-9,12,17,20,23H,1-2,5,10-11,13H2,(H,24,25). The van der Waals surface area contributed by atoms with E-state index < -0.39 is 10.0 Å². The van der Waals surface area contributed by atoms with Crippen LogP contribution in [0.15, 0.2) is 47.4 Å². The molecule has 0 bridgehead atoms. The zero-order valence-corrected chi connectivity index (χ0v) is 17.4. The third kappa shape index (κ3) is 4.64. The first-order chi connectivity index (χ1) is 13.9. The number of nitrogens with one attached hydrogen (secondary N) is 2. The van der Waals surface area contributed by atoms with Crippen LogP contribution in [0.4, 0.5) is 0 Å². The number of ether oxygens (including phenoxy) is 1. The monoisotopic (exact) mass is 434 g/mol. The molecule has 2 aromatic rings. The molecule has 0 aromatic heterocycles. The van der Waals surface area contributed by atoms with Gasteiger partial charge in [0.2, 0.25) is 10.0 Å². The van der Waals surface area contributed by atoms with Gasteiger partial charge in [-0.15, -0.1) is 0 Å². The number of rotatable bonds is 6. The average Bonchev–Trinajstić information content (AvgIpc) is 3.36. The molecule has 1 aliphatic heterocycles. The van der Waals surface area contributed by atoms with E-state index >= 15 is 0 Å². The Morgan fingerprint density at radius 1 is 1.14 bits per heavy atom. The van der Waals surface area contributed by atoms with Crippen molar-refractivity contribution in [3.8, 4) is 0 Å². The van der Waals surface area contributed by atoms with Gasteiger partial charge in [-0.2, -0.15) is 0 Å². The minimum absolute atomic E-state index is 0.0637. The summed E-state index contributed by atoms with van der Waals surface area (Å²) in [5.41, 5.74) is 2.66. The van der Waals surface area contributed by atoms with Crippen LogP contribution >= 0.6 is 11.6 Å². The van der Waals surface area contributed by atoms with Gasteiger partial charge in [-0.25, -0.2) is 13.1 Å². The largest absolute Gasteiger partial charge is 0.377 e. The number of sulfonamides is 1. The Hall–Kier alpha value is -1.93. The number of halogens is 1. The maximum absolute atomic E-state index is 12.6. The molecule has 1 aliphatic carbocycles. The molecule has 0 radical (unpaired) electrons. The lowest BCUT2D eigenvalue weighted by Gasteiger charge is -2.15. The predicted molar refractivity (Wildman–Crippen MR) is 111 cm³/mol. The number of benzene rings is 2. The van der Waals surface area contributed by atoms with E-state index in [-0.39, 0.29) is 29.5 Å². The highest BCUT2D eigenvalue weighted by molar-refractivity contribution is 7.89. The highest BCUT2D eigenvalue weighted by Gasteiger charge is 2.25. The van der Waals surface area contributed by atoms with Crippen molar-refractivity contribution in [1.82, 2.24) is 10.0 Å². The second-order valence-corrected chi connectivity index (χ2v) is 9.62. The van der Waals surface area contributed by atoms with Crippen LogP contribution in [0.25, 0.3) is 0 Å². The summed E-state index contributed by atoms with van der Waals surface area (Å²) < 4.78 is 32.9. The Kier molecular flexibility index (Phi) is 5.92. The van der Waals surface area contributed by atoms with Gasteiger partial charge in [-0.3, -0.25) is 4.79 Å². The van der Waals surface area contributed by atoms with E-state index in [0.717, 1.165) is 36.8 Å². The Bertz CT molecular complexity index is 1000. The van der Waals surface area contributed by atoms with Gasteiger partial charge >= 0.3 is 0 Å². The molecule has 2 N–H and O–H groups in total. The highest BCUT2D eigenvalue weighted by Crippen LogP contribution is 2.33. The van der Waals surface area contributed by atoms with Crippen LogP contribution in [0.5, 0.6) is 0 Å². The van der Waals surface area contributed by atoms with Crippen LogP contribution in [0.1, 0.15) is 46.8 Å². The topological polar surface area (TPSA) is 84.5 Å². The molecule has 2 aromatic carbocycles. The van der Waals surface area contributed by atoms with E-state index in [2.05, 4.69) is 10.0 Å². The second-order valence-electron chi connectivity index (χ2n) is 7.42. The Labute approximate surface area is 175 Å². The molecule has 0 saturated carbocycles. The van der Waals surface area contributed by atoms with Crippen LogP contribution in [-0.4, -0.2) is 33.6 Å². The maximum atomic E-state index is 12.6. The number of carbonyl (C=O) groups excluding carboxylic acids is 1. The minimum Gasteiger partial charge on any atom is -0.377 e. The van der Waals surface area contributed by atoms with Crippen molar-refractivity contribution in [3.05, 3.63) is 64.2 Å². The third-order valence-corrected chi connectivity index (χ3v) is 7.11. The van der Waals surface area contributed by atoms with Gasteiger partial charge in [0, 0.05) is 23.7 Å². The summed E-state index contributed by atoms with van der Waals surface area (Å²) in [6.07, 6.45) is 3.43. The zero-order valence-electron chi connectivity index (χ0n) is 15.9. The van der Waals surface area contributed by atoms with E-state index in [0.29, 0.717) is 17.2 Å². The molecule has 29 heavy (non-hydrogen) atoms. The molecular weight excluding hydrogens is 412 g/mol. The van der Waals surface area contributed by atoms with Gasteiger partial charge in [-0.05, 0) is 73.2 Å². The van der Waals surface area contributed by atoms with Crippen molar-refractivity contribution in [2.75, 3.05) is 13.2 Å². The summed E-state index contributed by atoms with van der Waals surface area (Å²) in [4.78, 5) is 12.8. The first kappa shape index (κ1) is 20.3. The van der Waals surface area contributed by atoms with Gasteiger partial charge in [0.1, 0.15) is 0 Å². The number of hydrogen-bond acceptors (Lipinski definition) is 4. The zero-order chi connectivity index (χ0) is 20.4. The quantitative estimate of drug-likeness (QED) is 0.731. The molecule has 6 nitrogen and oxygen atoms in total. The van der Waals surface area contributed by atoms with Gasteiger partial charge in [-0.1, -0.05) is 17.7 Å². The average molecular weight is 435 g/mol. The molecule has 1 amide bonds. The van der Waals surface area contributed by atoms with Crippen LogP contribution in [0, 0.1) is 0 Å². The number of hydrogen-bond donors (Lipinski definition) is 2. The smallest absolute Gasteiger partial charge is 0.251 e.